The molecular weight excluding hydrogens is 246 g/mol. The van der Waals surface area contributed by atoms with Crippen molar-refractivity contribution < 1.29 is 22.9 Å². The van der Waals surface area contributed by atoms with Crippen molar-refractivity contribution in [1.82, 2.24) is 5.32 Å². The van der Waals surface area contributed by atoms with Crippen LogP contribution in [0.25, 0.3) is 0 Å². The first kappa shape index (κ1) is 36.0. The lowest BCUT2D eigenvalue weighted by Gasteiger charge is -1.86. The van der Waals surface area contributed by atoms with E-state index in [1.54, 1.807) is 0 Å². The van der Waals surface area contributed by atoms with Gasteiger partial charge in [-0.2, -0.15) is 8.42 Å². The Balaban J connectivity index is -0.0000000247. The fourth-order valence-electron chi connectivity index (χ4n) is 0.250. The highest BCUT2D eigenvalue weighted by Gasteiger charge is 1.81. The summed E-state index contributed by atoms with van der Waals surface area (Å²) in [6, 6.07) is 0. The Bertz CT molecular complexity index is 201. The summed E-state index contributed by atoms with van der Waals surface area (Å²) >= 11 is 0. The van der Waals surface area contributed by atoms with Gasteiger partial charge in [0.1, 0.15) is 0 Å². The van der Waals surface area contributed by atoms with Gasteiger partial charge in [0.25, 0.3) is 16.1 Å². The molecule has 6 nitrogen and oxygen atoms in total. The van der Waals surface area contributed by atoms with Crippen LogP contribution < -0.4 is 5.32 Å². The minimum absolute atomic E-state index is 0. The summed E-state index contributed by atoms with van der Waals surface area (Å²) in [5.74, 6) is -0.833. The van der Waals surface area contributed by atoms with Gasteiger partial charge in [-0.15, -0.1) is 0 Å². The van der Waals surface area contributed by atoms with Gasteiger partial charge in [0.05, 0.1) is 6.26 Å². The van der Waals surface area contributed by atoms with E-state index >= 15 is 0 Å². The summed E-state index contributed by atoms with van der Waals surface area (Å²) in [6.07, 6.45) is 0.715. The first-order chi connectivity index (χ1) is 6.15. The summed E-state index contributed by atoms with van der Waals surface area (Å²) in [5, 5.41) is 10.5. The average molecular weight is 277 g/mol. The van der Waals surface area contributed by atoms with Crippen LogP contribution in [0.2, 0.25) is 0 Å². The number of carboxylic acid groups (broad SMARTS) is 1. The molecule has 0 unspecified atom stereocenters. The van der Waals surface area contributed by atoms with Gasteiger partial charge in [0.15, 0.2) is 0 Å². The highest BCUT2D eigenvalue weighted by Crippen LogP contribution is 1.60. The van der Waals surface area contributed by atoms with Crippen LogP contribution in [-0.2, 0) is 14.9 Å². The van der Waals surface area contributed by atoms with E-state index in [1.807, 2.05) is 0 Å². The van der Waals surface area contributed by atoms with Crippen molar-refractivity contribution in [1.29, 1.82) is 0 Å². The molecule has 3 N–H and O–H groups in total. The van der Waals surface area contributed by atoms with Crippen LogP contribution in [0.1, 0.15) is 43.1 Å². The van der Waals surface area contributed by atoms with Crippen molar-refractivity contribution >= 4 is 16.1 Å². The third-order valence-corrected chi connectivity index (χ3v) is 0.500. The van der Waals surface area contributed by atoms with Crippen LogP contribution in [0.15, 0.2) is 0 Å². The van der Waals surface area contributed by atoms with Gasteiger partial charge in [0, 0.05) is 6.92 Å². The zero-order valence-electron chi connectivity index (χ0n) is 8.94. The van der Waals surface area contributed by atoms with E-state index in [0.29, 0.717) is 6.26 Å². The van der Waals surface area contributed by atoms with Crippen molar-refractivity contribution in [3.8, 4) is 0 Å². The molecule has 0 aliphatic heterocycles. The van der Waals surface area contributed by atoms with Crippen LogP contribution >= 0.6 is 0 Å². The van der Waals surface area contributed by atoms with Crippen LogP contribution in [-0.4, -0.2) is 43.4 Å². The van der Waals surface area contributed by atoms with E-state index in [-0.39, 0.29) is 22.3 Å². The van der Waals surface area contributed by atoms with Gasteiger partial charge in [-0.25, -0.2) is 0 Å². The minimum atomic E-state index is -3.67. The SMILES string of the molecule is C.C.C.CC(=O)O.CCNCC.CS(=O)(=O)O. The van der Waals surface area contributed by atoms with Crippen molar-refractivity contribution in [3.05, 3.63) is 0 Å². The van der Waals surface area contributed by atoms with Crippen molar-refractivity contribution in [3.63, 3.8) is 0 Å². The number of hydrogen-bond acceptors (Lipinski definition) is 4. The minimum Gasteiger partial charge on any atom is -0.481 e. The van der Waals surface area contributed by atoms with Gasteiger partial charge >= 0.3 is 0 Å². The average Bonchev–Trinajstić information content (AvgIpc) is 1.83. The second-order valence-corrected chi connectivity index (χ2v) is 3.68. The molecule has 0 aromatic carbocycles. The first-order valence-electron chi connectivity index (χ1n) is 3.97. The Morgan fingerprint density at radius 2 is 1.24 bits per heavy atom. The molecule has 0 atom stereocenters. The monoisotopic (exact) mass is 277 g/mol. The Hall–Kier alpha value is -0.660. The van der Waals surface area contributed by atoms with Crippen LogP contribution in [0, 0.1) is 0 Å². The van der Waals surface area contributed by atoms with Gasteiger partial charge in [-0.1, -0.05) is 36.1 Å². The Morgan fingerprint density at radius 1 is 1.12 bits per heavy atom. The molecule has 0 saturated carbocycles. The van der Waals surface area contributed by atoms with Crippen LogP contribution in [0.3, 0.4) is 0 Å². The lowest BCUT2D eigenvalue weighted by Crippen LogP contribution is -2.09. The van der Waals surface area contributed by atoms with Crippen molar-refractivity contribution in [2.75, 3.05) is 19.3 Å². The molecule has 17 heavy (non-hydrogen) atoms. The molecule has 0 spiro atoms. The summed E-state index contributed by atoms with van der Waals surface area (Å²) in [4.78, 5) is 9.00. The molecule has 0 saturated heterocycles. The molecule has 0 rings (SSSR count). The van der Waals surface area contributed by atoms with E-state index < -0.39 is 16.1 Å². The number of carbonyl (C=O) groups is 1. The normalized spacial score (nSPS) is 7.35. The molecule has 0 bridgehead atoms. The first-order valence-corrected chi connectivity index (χ1v) is 5.82. The molecule has 0 heterocycles. The predicted molar refractivity (Wildman–Crippen MR) is 75.2 cm³/mol. The smallest absolute Gasteiger partial charge is 0.300 e. The van der Waals surface area contributed by atoms with Gasteiger partial charge in [0.2, 0.25) is 0 Å². The maximum Gasteiger partial charge on any atom is 0.300 e. The Labute approximate surface area is 107 Å². The number of nitrogens with one attached hydrogen (secondary N) is 1. The summed E-state index contributed by atoms with van der Waals surface area (Å²) in [6.45, 7) is 7.47. The topological polar surface area (TPSA) is 104 Å². The predicted octanol–water partition coefficient (Wildman–Crippen LogP) is 2.12. The van der Waals surface area contributed by atoms with E-state index in [1.165, 1.54) is 0 Å². The second-order valence-electron chi connectivity index (χ2n) is 2.21. The number of rotatable bonds is 2. The maximum atomic E-state index is 9.19. The summed E-state index contributed by atoms with van der Waals surface area (Å²) in [7, 11) is -3.67. The number of carboxylic acids is 1. The number of hydrogen-bond donors (Lipinski definition) is 3. The summed E-state index contributed by atoms with van der Waals surface area (Å²) < 4.78 is 25.9. The largest absolute Gasteiger partial charge is 0.481 e. The molecule has 0 aromatic rings. The third-order valence-electron chi connectivity index (χ3n) is 0.500. The Morgan fingerprint density at radius 3 is 1.24 bits per heavy atom. The fourth-order valence-corrected chi connectivity index (χ4v) is 0.250. The highest BCUT2D eigenvalue weighted by molar-refractivity contribution is 7.85. The molecule has 0 fully saturated rings. The summed E-state index contributed by atoms with van der Waals surface area (Å²) in [5.41, 5.74) is 0. The fraction of sp³-hybridized carbons (Fsp3) is 0.900. The van der Waals surface area contributed by atoms with Crippen molar-refractivity contribution in [2.45, 2.75) is 43.1 Å². The van der Waals surface area contributed by atoms with Crippen molar-refractivity contribution in [2.24, 2.45) is 0 Å². The maximum absolute atomic E-state index is 9.19. The zero-order chi connectivity index (χ0) is 12.2. The molecule has 0 radical (unpaired) electrons. The van der Waals surface area contributed by atoms with E-state index in [4.69, 9.17) is 14.5 Å². The van der Waals surface area contributed by atoms with E-state index in [0.717, 1.165) is 20.0 Å². The van der Waals surface area contributed by atoms with Gasteiger partial charge in [-0.3, -0.25) is 9.35 Å². The molecular formula is C10H31NO5S. The molecule has 0 amide bonds. The van der Waals surface area contributed by atoms with Gasteiger partial charge in [-0.05, 0) is 13.1 Å². The second kappa shape index (κ2) is 24.5. The highest BCUT2D eigenvalue weighted by atomic mass is 32.2. The van der Waals surface area contributed by atoms with Crippen LogP contribution in [0.4, 0.5) is 0 Å². The molecule has 7 heteroatoms. The number of aliphatic carboxylic acids is 1. The quantitative estimate of drug-likeness (QED) is 0.668. The van der Waals surface area contributed by atoms with E-state index in [9.17, 15) is 8.42 Å². The standard InChI is InChI=1S/C4H11N.C2H4O2.CH4O3S.3CH4/c1-3-5-4-2;1-2(3)4;1-5(2,3)4;;;/h5H,3-4H2,1-2H3;1H3,(H,3,4);1H3,(H,2,3,4);3*1H4. The molecule has 0 aliphatic rings. The lowest BCUT2D eigenvalue weighted by molar-refractivity contribution is -0.134. The molecule has 0 aromatic heterocycles. The zero-order valence-corrected chi connectivity index (χ0v) is 9.76. The van der Waals surface area contributed by atoms with Gasteiger partial charge < -0.3 is 10.4 Å². The lowest BCUT2D eigenvalue weighted by atomic mass is 10.7. The molecule has 112 valence electrons. The molecule has 0 aliphatic carbocycles. The third kappa shape index (κ3) is 1520. The van der Waals surface area contributed by atoms with E-state index in [2.05, 4.69) is 19.2 Å². The Kier molecular flexibility index (Phi) is 51.9. The van der Waals surface area contributed by atoms with Crippen LogP contribution in [0.5, 0.6) is 0 Å².